The second-order valence-electron chi connectivity index (χ2n) is 7.58. The van der Waals surface area contributed by atoms with Crippen molar-refractivity contribution in [3.63, 3.8) is 0 Å². The van der Waals surface area contributed by atoms with Gasteiger partial charge in [-0.3, -0.25) is 10.1 Å². The fourth-order valence-electron chi connectivity index (χ4n) is 3.65. The zero-order chi connectivity index (χ0) is 23.4. The average Bonchev–Trinajstić information content (AvgIpc) is 3.20. The Balaban J connectivity index is 1.49. The first-order valence-electron chi connectivity index (χ1n) is 10.3. The van der Waals surface area contributed by atoms with Crippen molar-refractivity contribution in [1.29, 1.82) is 0 Å². The largest absolute Gasteiger partial charge is 0.488 e. The maximum atomic E-state index is 14.1. The van der Waals surface area contributed by atoms with Crippen LogP contribution in [0, 0.1) is 5.82 Å². The van der Waals surface area contributed by atoms with Gasteiger partial charge in [0.25, 0.3) is 0 Å². The van der Waals surface area contributed by atoms with Gasteiger partial charge in [-0.1, -0.05) is 47.5 Å². The molecule has 0 spiro atoms. The quantitative estimate of drug-likeness (QED) is 0.272. The van der Waals surface area contributed by atoms with Gasteiger partial charge in [-0.05, 0) is 42.0 Å². The zero-order valence-corrected chi connectivity index (χ0v) is 19.0. The second kappa shape index (κ2) is 10.3. The first-order chi connectivity index (χ1) is 15.9. The van der Waals surface area contributed by atoms with Crippen LogP contribution in [0.3, 0.4) is 0 Å². The lowest BCUT2D eigenvalue weighted by atomic mass is 10.0. The van der Waals surface area contributed by atoms with Crippen molar-refractivity contribution < 1.29 is 19.0 Å². The van der Waals surface area contributed by atoms with E-state index in [1.54, 1.807) is 24.3 Å². The molecule has 1 aromatic heterocycles. The summed E-state index contributed by atoms with van der Waals surface area (Å²) in [5, 5.41) is 14.6. The van der Waals surface area contributed by atoms with Gasteiger partial charge >= 0.3 is 5.97 Å². The van der Waals surface area contributed by atoms with Crippen LogP contribution in [0.1, 0.15) is 16.7 Å². The normalized spacial score (nSPS) is 12.1. The monoisotopic (exact) mass is 486 g/mol. The highest BCUT2D eigenvalue weighted by molar-refractivity contribution is 6.31. The van der Waals surface area contributed by atoms with Crippen molar-refractivity contribution in [1.82, 2.24) is 10.3 Å². The number of ether oxygens (including phenoxy) is 1. The summed E-state index contributed by atoms with van der Waals surface area (Å²) in [6.07, 6.45) is 2.12. The minimum Gasteiger partial charge on any atom is -0.488 e. The molecule has 3 N–H and O–H groups in total. The van der Waals surface area contributed by atoms with Crippen LogP contribution in [0.5, 0.6) is 5.75 Å². The van der Waals surface area contributed by atoms with E-state index in [4.69, 9.17) is 27.9 Å². The van der Waals surface area contributed by atoms with Crippen LogP contribution in [-0.2, 0) is 24.4 Å². The number of aliphatic carboxylic acids is 1. The number of para-hydroxylation sites is 1. The molecular weight excluding hydrogens is 466 g/mol. The van der Waals surface area contributed by atoms with Gasteiger partial charge in [-0.2, -0.15) is 0 Å². The molecule has 0 aliphatic rings. The van der Waals surface area contributed by atoms with E-state index in [0.717, 1.165) is 16.5 Å². The summed E-state index contributed by atoms with van der Waals surface area (Å²) in [4.78, 5) is 15.1. The van der Waals surface area contributed by atoms with Crippen molar-refractivity contribution in [2.75, 3.05) is 0 Å². The number of carboxylic acids is 1. The molecule has 4 rings (SSSR count). The number of rotatable bonds is 9. The molecule has 0 aliphatic heterocycles. The maximum Gasteiger partial charge on any atom is 0.321 e. The third kappa shape index (κ3) is 5.47. The van der Waals surface area contributed by atoms with Crippen molar-refractivity contribution in [3.8, 4) is 5.75 Å². The molecule has 1 atom stereocenters. The minimum absolute atomic E-state index is 0.0716. The predicted molar refractivity (Wildman–Crippen MR) is 127 cm³/mol. The highest BCUT2D eigenvalue weighted by atomic mass is 35.5. The van der Waals surface area contributed by atoms with Crippen LogP contribution in [-0.4, -0.2) is 22.1 Å². The van der Waals surface area contributed by atoms with E-state index in [2.05, 4.69) is 10.3 Å². The Morgan fingerprint density at radius 2 is 1.91 bits per heavy atom. The van der Waals surface area contributed by atoms with Gasteiger partial charge in [0.05, 0.1) is 5.02 Å². The highest BCUT2D eigenvalue weighted by Gasteiger charge is 2.20. The molecule has 0 saturated carbocycles. The molecule has 0 saturated heterocycles. The third-order valence-electron chi connectivity index (χ3n) is 5.39. The van der Waals surface area contributed by atoms with E-state index in [1.165, 1.54) is 12.1 Å². The number of aromatic nitrogens is 1. The van der Waals surface area contributed by atoms with Gasteiger partial charge in [-0.25, -0.2) is 4.39 Å². The van der Waals surface area contributed by atoms with Crippen molar-refractivity contribution >= 4 is 40.1 Å². The smallest absolute Gasteiger partial charge is 0.321 e. The summed E-state index contributed by atoms with van der Waals surface area (Å²) >= 11 is 12.2. The number of H-pyrrole nitrogens is 1. The van der Waals surface area contributed by atoms with Gasteiger partial charge in [0.15, 0.2) is 0 Å². The number of benzene rings is 3. The molecule has 5 nitrogen and oxygen atoms in total. The highest BCUT2D eigenvalue weighted by Crippen LogP contribution is 2.27. The Kier molecular flexibility index (Phi) is 7.18. The summed E-state index contributed by atoms with van der Waals surface area (Å²) < 4.78 is 19.9. The lowest BCUT2D eigenvalue weighted by Gasteiger charge is -2.17. The fraction of sp³-hybridized carbons (Fsp3) is 0.160. The Morgan fingerprint density at radius 3 is 2.70 bits per heavy atom. The first-order valence-corrected chi connectivity index (χ1v) is 11.0. The molecule has 0 unspecified atom stereocenters. The lowest BCUT2D eigenvalue weighted by molar-refractivity contribution is -0.139. The lowest BCUT2D eigenvalue weighted by Crippen LogP contribution is -2.38. The first kappa shape index (κ1) is 23.1. The SMILES string of the molecule is O=C(O)[C@@H](Cc1c[nH]c2ccccc12)NCc1cc(Cl)ccc1OCc1c(F)cccc1Cl. The summed E-state index contributed by atoms with van der Waals surface area (Å²) in [5.41, 5.74) is 2.76. The minimum atomic E-state index is -0.970. The molecule has 0 aliphatic carbocycles. The maximum absolute atomic E-state index is 14.1. The number of hydrogen-bond donors (Lipinski definition) is 3. The number of fused-ring (bicyclic) bond motifs is 1. The van der Waals surface area contributed by atoms with Crippen LogP contribution in [0.15, 0.2) is 66.9 Å². The van der Waals surface area contributed by atoms with E-state index in [9.17, 15) is 14.3 Å². The van der Waals surface area contributed by atoms with Gasteiger partial charge in [0, 0.05) is 46.2 Å². The van der Waals surface area contributed by atoms with E-state index in [-0.39, 0.29) is 23.7 Å². The Morgan fingerprint density at radius 1 is 1.09 bits per heavy atom. The average molecular weight is 487 g/mol. The third-order valence-corrected chi connectivity index (χ3v) is 5.98. The molecule has 0 bridgehead atoms. The van der Waals surface area contributed by atoms with Gasteiger partial charge in [0.1, 0.15) is 24.2 Å². The molecule has 0 radical (unpaired) electrons. The van der Waals surface area contributed by atoms with E-state index < -0.39 is 17.8 Å². The fourth-order valence-corrected chi connectivity index (χ4v) is 4.06. The van der Waals surface area contributed by atoms with E-state index >= 15 is 0 Å². The molecule has 33 heavy (non-hydrogen) atoms. The predicted octanol–water partition coefficient (Wildman–Crippen LogP) is 5.98. The number of carboxylic acid groups (broad SMARTS) is 1. The summed E-state index contributed by atoms with van der Waals surface area (Å²) in [5.74, 6) is -0.967. The van der Waals surface area contributed by atoms with E-state index in [1.807, 2.05) is 30.5 Å². The Labute approximate surface area is 200 Å². The van der Waals surface area contributed by atoms with E-state index in [0.29, 0.717) is 22.8 Å². The molecule has 170 valence electrons. The van der Waals surface area contributed by atoms with Crippen molar-refractivity contribution in [3.05, 3.63) is 99.4 Å². The van der Waals surface area contributed by atoms with Gasteiger partial charge in [-0.15, -0.1) is 0 Å². The van der Waals surface area contributed by atoms with Gasteiger partial charge in [0.2, 0.25) is 0 Å². The van der Waals surface area contributed by atoms with Crippen LogP contribution in [0.25, 0.3) is 10.9 Å². The van der Waals surface area contributed by atoms with Gasteiger partial charge < -0.3 is 14.8 Å². The topological polar surface area (TPSA) is 74.3 Å². The van der Waals surface area contributed by atoms with Crippen LogP contribution in [0.2, 0.25) is 10.0 Å². The number of nitrogens with one attached hydrogen (secondary N) is 2. The summed E-state index contributed by atoms with van der Waals surface area (Å²) in [6.45, 7) is 0.123. The van der Waals surface area contributed by atoms with Crippen LogP contribution in [0.4, 0.5) is 4.39 Å². The summed E-state index contributed by atoms with van der Waals surface area (Å²) in [6, 6.07) is 16.4. The molecular formula is C25H21Cl2FN2O3. The molecule has 4 aromatic rings. The molecule has 3 aromatic carbocycles. The summed E-state index contributed by atoms with van der Waals surface area (Å²) in [7, 11) is 0. The standard InChI is InChI=1S/C25H21Cl2FN2O3/c26-17-8-9-24(33-14-19-20(27)5-3-6-21(19)28)16(10-17)13-30-23(25(31)32)11-15-12-29-22-7-2-1-4-18(15)22/h1-10,12,23,29-30H,11,13-14H2,(H,31,32)/t23-/m1/s1. The number of aromatic amines is 1. The molecule has 1 heterocycles. The number of carbonyl (C=O) groups is 1. The van der Waals surface area contributed by atoms with Crippen LogP contribution >= 0.6 is 23.2 Å². The zero-order valence-electron chi connectivity index (χ0n) is 17.4. The molecule has 0 amide bonds. The van der Waals surface area contributed by atoms with Crippen LogP contribution < -0.4 is 10.1 Å². The number of hydrogen-bond acceptors (Lipinski definition) is 3. The molecule has 0 fully saturated rings. The van der Waals surface area contributed by atoms with Crippen molar-refractivity contribution in [2.45, 2.75) is 25.6 Å². The Bertz CT molecular complexity index is 1270. The number of halogens is 3. The Hall–Kier alpha value is -3.06. The molecule has 8 heteroatoms. The van der Waals surface area contributed by atoms with Crippen molar-refractivity contribution in [2.24, 2.45) is 0 Å². The second-order valence-corrected chi connectivity index (χ2v) is 8.42.